The zero-order valence-corrected chi connectivity index (χ0v) is 10.9. The van der Waals surface area contributed by atoms with Crippen molar-refractivity contribution in [1.82, 2.24) is 9.78 Å². The first-order valence-corrected chi connectivity index (χ1v) is 6.77. The molecule has 3 nitrogen and oxygen atoms in total. The van der Waals surface area contributed by atoms with Crippen molar-refractivity contribution in [2.45, 2.75) is 58.5 Å². The zero-order chi connectivity index (χ0) is 12.3. The molecule has 0 amide bonds. The van der Waals surface area contributed by atoms with Crippen LogP contribution in [0.2, 0.25) is 0 Å². The number of allylic oxidation sites excluding steroid dienone is 1. The topological polar surface area (TPSA) is 43.8 Å². The first kappa shape index (κ1) is 12.4. The summed E-state index contributed by atoms with van der Waals surface area (Å²) in [6.07, 6.45) is 8.23. The second kappa shape index (κ2) is 5.50. The van der Waals surface area contributed by atoms with Gasteiger partial charge in [-0.3, -0.25) is 4.68 Å². The minimum absolute atomic E-state index is 0.0445. The van der Waals surface area contributed by atoms with Gasteiger partial charge in [-0.1, -0.05) is 18.6 Å². The number of hydrogen-bond acceptors (Lipinski definition) is 2. The van der Waals surface area contributed by atoms with Gasteiger partial charge in [-0.15, -0.1) is 0 Å². The van der Waals surface area contributed by atoms with E-state index in [2.05, 4.69) is 35.8 Å². The van der Waals surface area contributed by atoms with Gasteiger partial charge in [0.05, 0.1) is 17.4 Å². The first-order valence-electron chi connectivity index (χ1n) is 6.77. The molecule has 0 saturated carbocycles. The molecule has 0 fully saturated rings. The quantitative estimate of drug-likeness (QED) is 0.812. The molecule has 0 radical (unpaired) electrons. The van der Waals surface area contributed by atoms with Crippen molar-refractivity contribution >= 4 is 0 Å². The molecule has 0 aliphatic heterocycles. The molecule has 0 spiro atoms. The van der Waals surface area contributed by atoms with Crippen LogP contribution in [0.5, 0.6) is 0 Å². The summed E-state index contributed by atoms with van der Waals surface area (Å²) in [5.41, 5.74) is 10.1. The summed E-state index contributed by atoms with van der Waals surface area (Å²) >= 11 is 0. The maximum absolute atomic E-state index is 6.39. The van der Waals surface area contributed by atoms with Crippen LogP contribution in [0.3, 0.4) is 0 Å². The summed E-state index contributed by atoms with van der Waals surface area (Å²) < 4.78 is 2.05. The number of aryl methyl sites for hydroxylation is 2. The Kier molecular flexibility index (Phi) is 4.00. The monoisotopic (exact) mass is 233 g/mol. The number of nitrogens with zero attached hydrogens (tertiary/aromatic N) is 2. The Morgan fingerprint density at radius 2 is 2.24 bits per heavy atom. The molecule has 0 aromatic carbocycles. The van der Waals surface area contributed by atoms with E-state index in [1.165, 1.54) is 30.5 Å². The predicted octanol–water partition coefficient (Wildman–Crippen LogP) is 2.97. The highest BCUT2D eigenvalue weighted by Gasteiger charge is 2.18. The fourth-order valence-electron chi connectivity index (χ4n) is 2.50. The van der Waals surface area contributed by atoms with E-state index in [9.17, 15) is 0 Å². The summed E-state index contributed by atoms with van der Waals surface area (Å²) in [5.74, 6) is 0. The Labute approximate surface area is 104 Å². The maximum atomic E-state index is 6.39. The van der Waals surface area contributed by atoms with Gasteiger partial charge in [0.2, 0.25) is 0 Å². The molecular weight excluding hydrogens is 210 g/mol. The Hall–Kier alpha value is -1.09. The van der Waals surface area contributed by atoms with Gasteiger partial charge in [0.1, 0.15) is 0 Å². The van der Waals surface area contributed by atoms with Gasteiger partial charge in [-0.2, -0.15) is 5.10 Å². The summed E-state index contributed by atoms with van der Waals surface area (Å²) in [4.78, 5) is 0. The molecule has 3 heteroatoms. The molecule has 94 valence electrons. The lowest BCUT2D eigenvalue weighted by Crippen LogP contribution is -2.19. The van der Waals surface area contributed by atoms with Gasteiger partial charge in [0.25, 0.3) is 0 Å². The summed E-state index contributed by atoms with van der Waals surface area (Å²) in [7, 11) is 0. The van der Waals surface area contributed by atoms with E-state index in [-0.39, 0.29) is 6.04 Å². The Bertz CT molecular complexity index is 404. The Balaban J connectivity index is 2.25. The minimum atomic E-state index is 0.0445. The highest BCUT2D eigenvalue weighted by Crippen LogP contribution is 2.28. The SMILES string of the molecule is CCc1cc(C(N)C2=CCCCC2)n(CC)n1. The molecule has 1 unspecified atom stereocenters. The van der Waals surface area contributed by atoms with Crippen LogP contribution in [-0.4, -0.2) is 9.78 Å². The van der Waals surface area contributed by atoms with Crippen LogP contribution in [0.1, 0.15) is 57.0 Å². The number of rotatable bonds is 4. The highest BCUT2D eigenvalue weighted by atomic mass is 15.3. The van der Waals surface area contributed by atoms with Crippen molar-refractivity contribution < 1.29 is 0 Å². The third-order valence-corrected chi connectivity index (χ3v) is 3.57. The van der Waals surface area contributed by atoms with Gasteiger partial charge in [0.15, 0.2) is 0 Å². The van der Waals surface area contributed by atoms with E-state index in [0.29, 0.717) is 0 Å². The average molecular weight is 233 g/mol. The summed E-state index contributed by atoms with van der Waals surface area (Å²) in [5, 5.41) is 4.57. The van der Waals surface area contributed by atoms with Crippen molar-refractivity contribution in [1.29, 1.82) is 0 Å². The van der Waals surface area contributed by atoms with Gasteiger partial charge >= 0.3 is 0 Å². The van der Waals surface area contributed by atoms with Gasteiger partial charge in [-0.05, 0) is 45.1 Å². The molecule has 0 saturated heterocycles. The zero-order valence-electron chi connectivity index (χ0n) is 10.9. The average Bonchev–Trinajstić information content (AvgIpc) is 2.82. The van der Waals surface area contributed by atoms with Crippen molar-refractivity contribution in [3.05, 3.63) is 29.1 Å². The summed E-state index contributed by atoms with van der Waals surface area (Å²) in [6, 6.07) is 2.21. The minimum Gasteiger partial charge on any atom is -0.319 e. The molecule has 0 bridgehead atoms. The van der Waals surface area contributed by atoms with E-state index in [0.717, 1.165) is 25.1 Å². The Morgan fingerprint density at radius 3 is 2.82 bits per heavy atom. The lowest BCUT2D eigenvalue weighted by molar-refractivity contribution is 0.570. The smallest absolute Gasteiger partial charge is 0.0682 e. The first-order chi connectivity index (χ1) is 8.26. The van der Waals surface area contributed by atoms with Crippen molar-refractivity contribution in [2.24, 2.45) is 5.73 Å². The molecule has 1 aromatic heterocycles. The molecule has 2 N–H and O–H groups in total. The molecule has 1 heterocycles. The van der Waals surface area contributed by atoms with Crippen LogP contribution < -0.4 is 5.73 Å². The van der Waals surface area contributed by atoms with Crippen LogP contribution in [0.4, 0.5) is 0 Å². The largest absolute Gasteiger partial charge is 0.319 e. The van der Waals surface area contributed by atoms with Crippen molar-refractivity contribution in [2.75, 3.05) is 0 Å². The second-order valence-electron chi connectivity index (χ2n) is 4.73. The highest BCUT2D eigenvalue weighted by molar-refractivity contribution is 5.25. The van der Waals surface area contributed by atoms with Crippen LogP contribution in [-0.2, 0) is 13.0 Å². The van der Waals surface area contributed by atoms with Gasteiger partial charge in [-0.25, -0.2) is 0 Å². The van der Waals surface area contributed by atoms with E-state index >= 15 is 0 Å². The van der Waals surface area contributed by atoms with E-state index < -0.39 is 0 Å². The van der Waals surface area contributed by atoms with Gasteiger partial charge in [0, 0.05) is 6.54 Å². The van der Waals surface area contributed by atoms with Crippen LogP contribution in [0.15, 0.2) is 17.7 Å². The normalized spacial score (nSPS) is 17.9. The Morgan fingerprint density at radius 1 is 1.41 bits per heavy atom. The fraction of sp³-hybridized carbons (Fsp3) is 0.643. The molecule has 2 rings (SSSR count). The van der Waals surface area contributed by atoms with Crippen molar-refractivity contribution in [3.8, 4) is 0 Å². The standard InChI is InChI=1S/C14H23N3/c1-3-12-10-13(17(4-2)16-12)14(15)11-8-6-5-7-9-11/h8,10,14H,3-7,9,15H2,1-2H3. The van der Waals surface area contributed by atoms with E-state index in [1.54, 1.807) is 0 Å². The molecule has 1 aromatic rings. The number of hydrogen-bond donors (Lipinski definition) is 1. The van der Waals surface area contributed by atoms with Gasteiger partial charge < -0.3 is 5.73 Å². The van der Waals surface area contributed by atoms with E-state index in [1.807, 2.05) is 0 Å². The fourth-order valence-corrected chi connectivity index (χ4v) is 2.50. The third kappa shape index (κ3) is 2.60. The lowest BCUT2D eigenvalue weighted by atomic mass is 9.92. The van der Waals surface area contributed by atoms with Crippen LogP contribution in [0.25, 0.3) is 0 Å². The summed E-state index contributed by atoms with van der Waals surface area (Å²) in [6.45, 7) is 5.16. The second-order valence-corrected chi connectivity index (χ2v) is 4.73. The van der Waals surface area contributed by atoms with Crippen LogP contribution >= 0.6 is 0 Å². The van der Waals surface area contributed by atoms with E-state index in [4.69, 9.17) is 5.73 Å². The van der Waals surface area contributed by atoms with Crippen LogP contribution in [0, 0.1) is 0 Å². The van der Waals surface area contributed by atoms with Crippen molar-refractivity contribution in [3.63, 3.8) is 0 Å². The molecular formula is C14H23N3. The molecule has 1 aliphatic carbocycles. The number of nitrogens with two attached hydrogens (primary N) is 1. The lowest BCUT2D eigenvalue weighted by Gasteiger charge is -2.20. The predicted molar refractivity (Wildman–Crippen MR) is 70.8 cm³/mol. The third-order valence-electron chi connectivity index (χ3n) is 3.57. The number of aromatic nitrogens is 2. The maximum Gasteiger partial charge on any atom is 0.0682 e. The molecule has 1 atom stereocenters. The molecule has 1 aliphatic rings. The molecule has 17 heavy (non-hydrogen) atoms.